The van der Waals surface area contributed by atoms with E-state index in [2.05, 4.69) is 15.1 Å². The van der Waals surface area contributed by atoms with Gasteiger partial charge in [0.1, 0.15) is 17.4 Å². The van der Waals surface area contributed by atoms with Crippen LogP contribution in [0, 0.1) is 0 Å². The lowest BCUT2D eigenvalue weighted by Gasteiger charge is -1.96. The van der Waals surface area contributed by atoms with Crippen LogP contribution in [0.2, 0.25) is 0 Å². The molecule has 0 aliphatic heterocycles. The normalized spacial score (nSPS) is 17.0. The first kappa shape index (κ1) is 6.11. The van der Waals surface area contributed by atoms with Gasteiger partial charge in [-0.1, -0.05) is 0 Å². The zero-order valence-corrected chi connectivity index (χ0v) is 6.51. The third-order valence-electron chi connectivity index (χ3n) is 2.17. The van der Waals surface area contributed by atoms with E-state index in [1.54, 1.807) is 12.5 Å². The summed E-state index contributed by atoms with van der Waals surface area (Å²) in [6, 6.07) is 0.605. The first-order chi connectivity index (χ1) is 5.95. The monoisotopic (exact) mass is 160 g/mol. The maximum Gasteiger partial charge on any atom is 0.116 e. The van der Waals surface area contributed by atoms with E-state index in [-0.39, 0.29) is 0 Å². The molecule has 1 aliphatic carbocycles. The molecule has 1 saturated carbocycles. The molecule has 0 N–H and O–H groups in total. The van der Waals surface area contributed by atoms with Gasteiger partial charge in [-0.15, -0.1) is 0 Å². The Kier molecular flexibility index (Phi) is 1.03. The van der Waals surface area contributed by atoms with Gasteiger partial charge >= 0.3 is 0 Å². The Morgan fingerprint density at radius 1 is 1.33 bits per heavy atom. The Balaban J connectivity index is 2.30. The number of hydrogen-bond donors (Lipinski definition) is 0. The van der Waals surface area contributed by atoms with Crippen LogP contribution < -0.4 is 0 Å². The second-order valence-corrected chi connectivity index (χ2v) is 3.11. The van der Waals surface area contributed by atoms with Gasteiger partial charge in [0.15, 0.2) is 0 Å². The van der Waals surface area contributed by atoms with E-state index in [1.165, 1.54) is 12.8 Å². The lowest BCUT2D eigenvalue weighted by molar-refractivity contribution is 0.664. The predicted octanol–water partition coefficient (Wildman–Crippen LogP) is 1.16. The van der Waals surface area contributed by atoms with Gasteiger partial charge in [-0.05, 0) is 12.8 Å². The van der Waals surface area contributed by atoms with E-state index >= 15 is 0 Å². The fourth-order valence-electron chi connectivity index (χ4n) is 1.40. The maximum absolute atomic E-state index is 4.27. The molecule has 4 heteroatoms. The summed E-state index contributed by atoms with van der Waals surface area (Å²) >= 11 is 0. The Bertz CT molecular complexity index is 416. The first-order valence-corrected chi connectivity index (χ1v) is 4.08. The Morgan fingerprint density at radius 3 is 3.08 bits per heavy atom. The summed E-state index contributed by atoms with van der Waals surface area (Å²) in [5.74, 6) is 0. The van der Waals surface area contributed by atoms with Crippen LogP contribution in [0.25, 0.3) is 11.0 Å². The molecule has 0 radical (unpaired) electrons. The van der Waals surface area contributed by atoms with Crippen LogP contribution in [-0.2, 0) is 0 Å². The Labute approximate surface area is 69.2 Å². The van der Waals surface area contributed by atoms with Gasteiger partial charge in [0.05, 0.1) is 18.4 Å². The molecular formula is C8H8N4. The molecule has 0 saturated heterocycles. The minimum Gasteiger partial charge on any atom is -0.259 e. The molecule has 0 atom stereocenters. The molecule has 0 bridgehead atoms. The van der Waals surface area contributed by atoms with Crippen LogP contribution in [0.4, 0.5) is 0 Å². The van der Waals surface area contributed by atoms with Gasteiger partial charge in [-0.25, -0.2) is 9.97 Å². The molecule has 0 unspecified atom stereocenters. The molecule has 0 amide bonds. The number of rotatable bonds is 1. The number of fused-ring (bicyclic) bond motifs is 1. The van der Waals surface area contributed by atoms with Gasteiger partial charge in [0.25, 0.3) is 0 Å². The molecule has 1 fully saturated rings. The lowest BCUT2D eigenvalue weighted by Crippen LogP contribution is -1.95. The van der Waals surface area contributed by atoms with Gasteiger partial charge in [0.2, 0.25) is 0 Å². The summed E-state index contributed by atoms with van der Waals surface area (Å²) < 4.78 is 2.02. The molecule has 2 heterocycles. The van der Waals surface area contributed by atoms with E-state index in [4.69, 9.17) is 0 Å². The third-order valence-corrected chi connectivity index (χ3v) is 2.17. The van der Waals surface area contributed by atoms with Crippen LogP contribution in [0.15, 0.2) is 18.7 Å². The van der Waals surface area contributed by atoms with Crippen LogP contribution >= 0.6 is 0 Å². The quantitative estimate of drug-likeness (QED) is 0.628. The summed E-state index contributed by atoms with van der Waals surface area (Å²) in [7, 11) is 0. The zero-order chi connectivity index (χ0) is 7.97. The van der Waals surface area contributed by atoms with Crippen LogP contribution in [0.1, 0.15) is 18.9 Å². The Morgan fingerprint density at radius 2 is 2.25 bits per heavy atom. The van der Waals surface area contributed by atoms with Crippen molar-refractivity contribution >= 4 is 11.0 Å². The Hall–Kier alpha value is -1.45. The van der Waals surface area contributed by atoms with Gasteiger partial charge in [-0.3, -0.25) is 4.68 Å². The van der Waals surface area contributed by atoms with Gasteiger partial charge in [0, 0.05) is 0 Å². The first-order valence-electron chi connectivity index (χ1n) is 4.08. The van der Waals surface area contributed by atoms with Crippen molar-refractivity contribution in [2.24, 2.45) is 0 Å². The number of nitrogens with zero attached hydrogens (tertiary/aromatic N) is 4. The van der Waals surface area contributed by atoms with Crippen molar-refractivity contribution in [1.29, 1.82) is 0 Å². The van der Waals surface area contributed by atoms with Crippen molar-refractivity contribution in [3.63, 3.8) is 0 Å². The van der Waals surface area contributed by atoms with Crippen LogP contribution in [0.5, 0.6) is 0 Å². The second kappa shape index (κ2) is 2.03. The second-order valence-electron chi connectivity index (χ2n) is 3.11. The minimum atomic E-state index is 0.605. The van der Waals surface area contributed by atoms with E-state index < -0.39 is 0 Å². The van der Waals surface area contributed by atoms with Gasteiger partial charge in [-0.2, -0.15) is 5.10 Å². The fraction of sp³-hybridized carbons (Fsp3) is 0.375. The molecule has 1 aliphatic rings. The smallest absolute Gasteiger partial charge is 0.116 e. The average molecular weight is 160 g/mol. The number of aromatic nitrogens is 4. The molecule has 3 rings (SSSR count). The molecule has 60 valence electrons. The van der Waals surface area contributed by atoms with Crippen molar-refractivity contribution in [2.45, 2.75) is 18.9 Å². The highest BCUT2D eigenvalue weighted by Gasteiger charge is 2.25. The molecule has 12 heavy (non-hydrogen) atoms. The topological polar surface area (TPSA) is 43.6 Å². The summed E-state index contributed by atoms with van der Waals surface area (Å²) in [4.78, 5) is 8.10. The highest BCUT2D eigenvalue weighted by atomic mass is 15.3. The molecule has 0 aromatic carbocycles. The lowest BCUT2D eigenvalue weighted by atomic mass is 10.5. The summed E-state index contributed by atoms with van der Waals surface area (Å²) in [5.41, 5.74) is 2.00. The van der Waals surface area contributed by atoms with E-state index in [9.17, 15) is 0 Å². The van der Waals surface area contributed by atoms with Crippen molar-refractivity contribution < 1.29 is 0 Å². The average Bonchev–Trinajstić information content (AvgIpc) is 2.86. The zero-order valence-electron chi connectivity index (χ0n) is 6.51. The van der Waals surface area contributed by atoms with Crippen molar-refractivity contribution in [2.75, 3.05) is 0 Å². The van der Waals surface area contributed by atoms with E-state index in [0.29, 0.717) is 6.04 Å². The standard InChI is InChI=1S/C8H8N4/c1-2-6(1)12-8-4-9-5-10-7(8)3-11-12/h3-6H,1-2H2. The predicted molar refractivity (Wildman–Crippen MR) is 43.6 cm³/mol. The SMILES string of the molecule is c1ncc2c(cnn2C2CC2)n1. The maximum atomic E-state index is 4.27. The highest BCUT2D eigenvalue weighted by molar-refractivity contribution is 5.72. The van der Waals surface area contributed by atoms with Crippen molar-refractivity contribution in [3.8, 4) is 0 Å². The molecule has 2 aromatic rings. The molecule has 0 spiro atoms. The minimum absolute atomic E-state index is 0.605. The van der Waals surface area contributed by atoms with E-state index in [0.717, 1.165) is 11.0 Å². The molecule has 2 aromatic heterocycles. The van der Waals surface area contributed by atoms with Gasteiger partial charge < -0.3 is 0 Å². The molecular weight excluding hydrogens is 152 g/mol. The fourth-order valence-corrected chi connectivity index (χ4v) is 1.40. The van der Waals surface area contributed by atoms with Crippen LogP contribution in [-0.4, -0.2) is 19.7 Å². The van der Waals surface area contributed by atoms with E-state index in [1.807, 2.05) is 10.9 Å². The van der Waals surface area contributed by atoms with Crippen molar-refractivity contribution in [3.05, 3.63) is 18.7 Å². The summed E-state index contributed by atoms with van der Waals surface area (Å²) in [6.07, 6.45) is 7.67. The number of hydrogen-bond acceptors (Lipinski definition) is 3. The van der Waals surface area contributed by atoms with Crippen molar-refractivity contribution in [1.82, 2.24) is 19.7 Å². The molecule has 4 nitrogen and oxygen atoms in total. The summed E-state index contributed by atoms with van der Waals surface area (Å²) in [5, 5.41) is 4.27. The summed E-state index contributed by atoms with van der Waals surface area (Å²) in [6.45, 7) is 0. The largest absolute Gasteiger partial charge is 0.259 e. The highest BCUT2D eigenvalue weighted by Crippen LogP contribution is 2.35. The van der Waals surface area contributed by atoms with Crippen LogP contribution in [0.3, 0.4) is 0 Å². The third kappa shape index (κ3) is 0.747.